The van der Waals surface area contributed by atoms with E-state index in [0.717, 1.165) is 31.1 Å². The van der Waals surface area contributed by atoms with Crippen LogP contribution in [0.15, 0.2) is 0 Å². The normalized spacial score (nSPS) is 18.6. The van der Waals surface area contributed by atoms with Crippen LogP contribution in [0.2, 0.25) is 0 Å². The first-order valence-electron chi connectivity index (χ1n) is 7.26. The van der Waals surface area contributed by atoms with Crippen LogP contribution in [-0.2, 0) is 4.79 Å². The van der Waals surface area contributed by atoms with E-state index >= 15 is 0 Å². The predicted octanol–water partition coefficient (Wildman–Crippen LogP) is 2.54. The molecule has 0 unspecified atom stereocenters. The molecule has 4 heteroatoms. The zero-order chi connectivity index (χ0) is 13.2. The highest BCUT2D eigenvalue weighted by Crippen LogP contribution is 2.26. The van der Waals surface area contributed by atoms with E-state index in [-0.39, 0.29) is 11.9 Å². The van der Waals surface area contributed by atoms with E-state index in [0.29, 0.717) is 0 Å². The van der Waals surface area contributed by atoms with Crippen LogP contribution < -0.4 is 11.1 Å². The van der Waals surface area contributed by atoms with Gasteiger partial charge in [-0.25, -0.2) is 0 Å². The molecule has 1 amide bonds. The molecule has 3 N–H and O–H groups in total. The van der Waals surface area contributed by atoms with E-state index in [1.54, 1.807) is 11.8 Å². The lowest BCUT2D eigenvalue weighted by Gasteiger charge is -2.21. The second-order valence-electron chi connectivity index (χ2n) is 5.33. The first-order chi connectivity index (χ1) is 8.74. The lowest BCUT2D eigenvalue weighted by Crippen LogP contribution is -2.41. The van der Waals surface area contributed by atoms with E-state index in [4.69, 9.17) is 5.73 Å². The summed E-state index contributed by atoms with van der Waals surface area (Å²) in [6.45, 7) is 0.794. The van der Waals surface area contributed by atoms with Gasteiger partial charge < -0.3 is 11.1 Å². The molecule has 0 aromatic carbocycles. The lowest BCUT2D eigenvalue weighted by atomic mass is 9.86. The molecule has 1 rings (SSSR count). The smallest absolute Gasteiger partial charge is 0.236 e. The van der Waals surface area contributed by atoms with E-state index in [9.17, 15) is 4.79 Å². The summed E-state index contributed by atoms with van der Waals surface area (Å²) in [6.07, 6.45) is 12.2. The quantitative estimate of drug-likeness (QED) is 0.668. The molecule has 1 atom stereocenters. The van der Waals surface area contributed by atoms with Crippen molar-refractivity contribution >= 4 is 17.7 Å². The van der Waals surface area contributed by atoms with Crippen molar-refractivity contribution in [3.63, 3.8) is 0 Å². The number of hydrogen-bond donors (Lipinski definition) is 2. The third kappa shape index (κ3) is 6.64. The fourth-order valence-corrected chi connectivity index (χ4v) is 3.07. The van der Waals surface area contributed by atoms with Crippen molar-refractivity contribution in [2.24, 2.45) is 11.7 Å². The molecule has 18 heavy (non-hydrogen) atoms. The highest BCUT2D eigenvalue weighted by atomic mass is 32.2. The second-order valence-corrected chi connectivity index (χ2v) is 6.31. The Labute approximate surface area is 116 Å². The van der Waals surface area contributed by atoms with Crippen LogP contribution in [0.4, 0.5) is 0 Å². The van der Waals surface area contributed by atoms with Gasteiger partial charge in [-0.2, -0.15) is 11.8 Å². The molecule has 0 heterocycles. The first-order valence-corrected chi connectivity index (χ1v) is 8.65. The van der Waals surface area contributed by atoms with Gasteiger partial charge in [-0.1, -0.05) is 32.1 Å². The first kappa shape index (κ1) is 15.8. The van der Waals surface area contributed by atoms with Crippen LogP contribution in [-0.4, -0.2) is 30.5 Å². The topological polar surface area (TPSA) is 55.1 Å². The molecule has 0 aromatic heterocycles. The Morgan fingerprint density at radius 1 is 1.39 bits per heavy atom. The summed E-state index contributed by atoms with van der Waals surface area (Å²) < 4.78 is 0. The number of nitrogens with one attached hydrogen (secondary N) is 1. The molecule has 0 aromatic rings. The highest BCUT2D eigenvalue weighted by molar-refractivity contribution is 7.98. The molecule has 3 nitrogen and oxygen atoms in total. The summed E-state index contributed by atoms with van der Waals surface area (Å²) in [6, 6.07) is -0.327. The number of rotatable bonds is 8. The van der Waals surface area contributed by atoms with Crippen molar-refractivity contribution in [3.05, 3.63) is 0 Å². The van der Waals surface area contributed by atoms with Gasteiger partial charge >= 0.3 is 0 Å². The van der Waals surface area contributed by atoms with Gasteiger partial charge in [0.25, 0.3) is 0 Å². The molecule has 1 aliphatic carbocycles. The molecule has 0 aliphatic heterocycles. The average molecular weight is 272 g/mol. The van der Waals surface area contributed by atoms with Gasteiger partial charge in [0, 0.05) is 6.54 Å². The summed E-state index contributed by atoms with van der Waals surface area (Å²) in [4.78, 5) is 11.7. The van der Waals surface area contributed by atoms with Crippen LogP contribution in [0, 0.1) is 5.92 Å². The zero-order valence-electron chi connectivity index (χ0n) is 11.6. The van der Waals surface area contributed by atoms with E-state index in [1.165, 1.54) is 38.5 Å². The molecule has 0 saturated heterocycles. The minimum absolute atomic E-state index is 0.0210. The van der Waals surface area contributed by atoms with Crippen LogP contribution in [0.25, 0.3) is 0 Å². The van der Waals surface area contributed by atoms with E-state index in [2.05, 4.69) is 5.32 Å². The molecule has 0 radical (unpaired) electrons. The summed E-state index contributed by atoms with van der Waals surface area (Å²) in [5.41, 5.74) is 5.80. The maximum absolute atomic E-state index is 11.7. The second kappa shape index (κ2) is 9.68. The third-order valence-corrected chi connectivity index (χ3v) is 4.43. The van der Waals surface area contributed by atoms with Crippen LogP contribution in [0.3, 0.4) is 0 Å². The standard InChI is InChI=1S/C14H28N2OS/c1-18-11-9-13(15)14(17)16-10-5-8-12-6-3-2-4-7-12/h12-13H,2-11,15H2,1H3,(H,16,17)/t13-/m0/s1. The SMILES string of the molecule is CSCC[C@H](N)C(=O)NCCCC1CCCCC1. The van der Waals surface area contributed by atoms with Crippen LogP contribution in [0.5, 0.6) is 0 Å². The highest BCUT2D eigenvalue weighted by Gasteiger charge is 2.14. The molecule has 0 spiro atoms. The molecular weight excluding hydrogens is 244 g/mol. The van der Waals surface area contributed by atoms with Gasteiger partial charge in [0.2, 0.25) is 5.91 Å². The van der Waals surface area contributed by atoms with Gasteiger partial charge in [0.1, 0.15) is 0 Å². The Bertz CT molecular complexity index is 230. The maximum Gasteiger partial charge on any atom is 0.236 e. The zero-order valence-corrected chi connectivity index (χ0v) is 12.4. The van der Waals surface area contributed by atoms with Gasteiger partial charge in [-0.15, -0.1) is 0 Å². The number of hydrogen-bond acceptors (Lipinski definition) is 3. The summed E-state index contributed by atoms with van der Waals surface area (Å²) in [5, 5.41) is 2.96. The third-order valence-electron chi connectivity index (χ3n) is 3.78. The van der Waals surface area contributed by atoms with Crippen molar-refractivity contribution in [1.29, 1.82) is 0 Å². The average Bonchev–Trinajstić information content (AvgIpc) is 2.41. The van der Waals surface area contributed by atoms with Crippen molar-refractivity contribution in [3.8, 4) is 0 Å². The van der Waals surface area contributed by atoms with Crippen molar-refractivity contribution in [2.45, 2.75) is 57.4 Å². The molecule has 1 saturated carbocycles. The van der Waals surface area contributed by atoms with Crippen LogP contribution in [0.1, 0.15) is 51.4 Å². The Hall–Kier alpha value is -0.220. The van der Waals surface area contributed by atoms with Gasteiger partial charge in [0.15, 0.2) is 0 Å². The predicted molar refractivity (Wildman–Crippen MR) is 79.8 cm³/mol. The summed E-state index contributed by atoms with van der Waals surface area (Å²) >= 11 is 1.73. The largest absolute Gasteiger partial charge is 0.355 e. The van der Waals surface area contributed by atoms with Crippen molar-refractivity contribution in [1.82, 2.24) is 5.32 Å². The minimum Gasteiger partial charge on any atom is -0.355 e. The van der Waals surface area contributed by atoms with Crippen LogP contribution >= 0.6 is 11.8 Å². The molecule has 1 aliphatic rings. The van der Waals surface area contributed by atoms with Gasteiger partial charge in [0.05, 0.1) is 6.04 Å². The minimum atomic E-state index is -0.327. The number of nitrogens with two attached hydrogens (primary N) is 1. The maximum atomic E-state index is 11.7. The lowest BCUT2D eigenvalue weighted by molar-refractivity contribution is -0.122. The summed E-state index contributed by atoms with van der Waals surface area (Å²) in [5.74, 6) is 1.88. The Kier molecular flexibility index (Phi) is 8.51. The van der Waals surface area contributed by atoms with E-state index in [1.807, 2.05) is 6.26 Å². The number of carbonyl (C=O) groups is 1. The Balaban J connectivity index is 2.00. The molecule has 0 bridgehead atoms. The molecular formula is C14H28N2OS. The van der Waals surface area contributed by atoms with Crippen molar-refractivity contribution < 1.29 is 4.79 Å². The number of thioether (sulfide) groups is 1. The number of carbonyl (C=O) groups excluding carboxylic acids is 1. The molecule has 1 fully saturated rings. The van der Waals surface area contributed by atoms with E-state index < -0.39 is 0 Å². The molecule has 106 valence electrons. The van der Waals surface area contributed by atoms with Gasteiger partial charge in [-0.05, 0) is 37.2 Å². The summed E-state index contributed by atoms with van der Waals surface area (Å²) in [7, 11) is 0. The number of amides is 1. The fourth-order valence-electron chi connectivity index (χ4n) is 2.59. The van der Waals surface area contributed by atoms with Crippen molar-refractivity contribution in [2.75, 3.05) is 18.6 Å². The van der Waals surface area contributed by atoms with Gasteiger partial charge in [-0.3, -0.25) is 4.79 Å². The monoisotopic (exact) mass is 272 g/mol. The fraction of sp³-hybridized carbons (Fsp3) is 0.929. The Morgan fingerprint density at radius 2 is 2.11 bits per heavy atom. The Morgan fingerprint density at radius 3 is 2.78 bits per heavy atom.